The first-order chi connectivity index (χ1) is 11.8. The molecular formula is C21H23NO3. The first kappa shape index (κ1) is 17.2. The summed E-state index contributed by atoms with van der Waals surface area (Å²) >= 11 is 0. The number of hydrogen-bond donors (Lipinski definition) is 0. The van der Waals surface area contributed by atoms with Gasteiger partial charge in [-0.25, -0.2) is 4.79 Å². The smallest absolute Gasteiger partial charge is 0.338 e. The van der Waals surface area contributed by atoms with Crippen LogP contribution in [0.15, 0.2) is 48.5 Å². The topological polar surface area (TPSA) is 46.6 Å². The number of amides is 1. The summed E-state index contributed by atoms with van der Waals surface area (Å²) in [5.74, 6) is -0.467. The maximum atomic E-state index is 12.8. The summed E-state index contributed by atoms with van der Waals surface area (Å²) in [6.45, 7) is 6.76. The summed E-state index contributed by atoms with van der Waals surface area (Å²) in [5.41, 5.74) is 2.84. The fourth-order valence-corrected chi connectivity index (χ4v) is 2.97. The third-order valence-corrected chi connectivity index (χ3v) is 4.16. The maximum absolute atomic E-state index is 12.8. The number of rotatable bonds is 2. The third kappa shape index (κ3) is 4.08. The van der Waals surface area contributed by atoms with Crippen LogP contribution in [0.3, 0.4) is 0 Å². The van der Waals surface area contributed by atoms with E-state index in [9.17, 15) is 9.59 Å². The van der Waals surface area contributed by atoms with E-state index in [2.05, 4.69) is 12.1 Å². The summed E-state index contributed by atoms with van der Waals surface area (Å²) in [6.07, 6.45) is 0.855. The minimum atomic E-state index is -0.562. The zero-order valence-electron chi connectivity index (χ0n) is 14.9. The molecule has 25 heavy (non-hydrogen) atoms. The molecule has 0 bridgehead atoms. The molecule has 0 spiro atoms. The van der Waals surface area contributed by atoms with Gasteiger partial charge in [-0.15, -0.1) is 0 Å². The van der Waals surface area contributed by atoms with Gasteiger partial charge in [0, 0.05) is 18.7 Å². The normalized spacial score (nSPS) is 14.0. The minimum absolute atomic E-state index is 0.0556. The number of esters is 1. The molecule has 0 N–H and O–H groups in total. The number of hydrogen-bond acceptors (Lipinski definition) is 3. The average Bonchev–Trinajstić information content (AvgIpc) is 2.59. The number of nitrogens with zero attached hydrogens (tertiary/aromatic N) is 1. The van der Waals surface area contributed by atoms with Gasteiger partial charge >= 0.3 is 5.97 Å². The van der Waals surface area contributed by atoms with Crippen LogP contribution in [0.1, 0.15) is 52.6 Å². The van der Waals surface area contributed by atoms with Gasteiger partial charge < -0.3 is 9.64 Å². The lowest BCUT2D eigenvalue weighted by molar-refractivity contribution is 0.00695. The van der Waals surface area contributed by atoms with Crippen molar-refractivity contribution in [3.8, 4) is 0 Å². The van der Waals surface area contributed by atoms with Crippen molar-refractivity contribution < 1.29 is 14.3 Å². The summed E-state index contributed by atoms with van der Waals surface area (Å²) in [4.78, 5) is 26.9. The van der Waals surface area contributed by atoms with E-state index in [0.29, 0.717) is 24.2 Å². The van der Waals surface area contributed by atoms with E-state index < -0.39 is 11.6 Å². The van der Waals surface area contributed by atoms with Crippen molar-refractivity contribution >= 4 is 11.9 Å². The number of fused-ring (bicyclic) bond motifs is 1. The molecule has 130 valence electrons. The molecule has 0 aromatic heterocycles. The van der Waals surface area contributed by atoms with Gasteiger partial charge in [0.2, 0.25) is 0 Å². The summed E-state index contributed by atoms with van der Waals surface area (Å²) in [5, 5.41) is 0. The van der Waals surface area contributed by atoms with Gasteiger partial charge in [0.15, 0.2) is 0 Å². The van der Waals surface area contributed by atoms with Crippen molar-refractivity contribution in [2.75, 3.05) is 6.54 Å². The Bertz CT molecular complexity index is 805. The van der Waals surface area contributed by atoms with Gasteiger partial charge in [0.05, 0.1) is 5.56 Å². The van der Waals surface area contributed by atoms with Gasteiger partial charge in [-0.3, -0.25) is 4.79 Å². The van der Waals surface area contributed by atoms with Crippen LogP contribution >= 0.6 is 0 Å². The Balaban J connectivity index is 1.77. The molecule has 1 heterocycles. The van der Waals surface area contributed by atoms with Crippen LogP contribution in [-0.2, 0) is 17.7 Å². The number of ether oxygens (including phenoxy) is 1. The minimum Gasteiger partial charge on any atom is -0.456 e. The van der Waals surface area contributed by atoms with Crippen LogP contribution in [0.5, 0.6) is 0 Å². The zero-order valence-corrected chi connectivity index (χ0v) is 14.9. The second-order valence-electron chi connectivity index (χ2n) is 7.33. The van der Waals surface area contributed by atoms with Crippen LogP contribution < -0.4 is 0 Å². The molecule has 0 radical (unpaired) electrons. The Morgan fingerprint density at radius 2 is 1.64 bits per heavy atom. The van der Waals surface area contributed by atoms with Gasteiger partial charge in [0.1, 0.15) is 5.60 Å². The van der Waals surface area contributed by atoms with Gasteiger partial charge in [-0.05, 0) is 56.5 Å². The molecule has 0 saturated carbocycles. The lowest BCUT2D eigenvalue weighted by atomic mass is 9.99. The van der Waals surface area contributed by atoms with E-state index >= 15 is 0 Å². The molecule has 1 amide bonds. The van der Waals surface area contributed by atoms with E-state index in [1.807, 2.05) is 37.8 Å². The highest BCUT2D eigenvalue weighted by atomic mass is 16.6. The predicted octanol–water partition coefficient (Wildman–Crippen LogP) is 3.84. The van der Waals surface area contributed by atoms with Crippen molar-refractivity contribution in [3.05, 3.63) is 70.8 Å². The van der Waals surface area contributed by atoms with Crippen molar-refractivity contribution in [1.29, 1.82) is 0 Å². The molecule has 4 nitrogen and oxygen atoms in total. The Morgan fingerprint density at radius 1 is 0.960 bits per heavy atom. The first-order valence-corrected chi connectivity index (χ1v) is 8.53. The largest absolute Gasteiger partial charge is 0.456 e. The van der Waals surface area contributed by atoms with Crippen LogP contribution in [0.25, 0.3) is 0 Å². The van der Waals surface area contributed by atoms with Gasteiger partial charge in [0.25, 0.3) is 5.91 Å². The Labute approximate surface area is 148 Å². The van der Waals surface area contributed by atoms with Crippen LogP contribution in [0.4, 0.5) is 0 Å². The molecule has 0 saturated heterocycles. The Kier molecular flexibility index (Phi) is 4.62. The SMILES string of the molecule is CC(C)(C)OC(=O)c1cccc(C(=O)N2CCc3ccccc3C2)c1. The Hall–Kier alpha value is -2.62. The highest BCUT2D eigenvalue weighted by molar-refractivity contribution is 5.98. The van der Waals surface area contributed by atoms with Crippen LogP contribution in [0, 0.1) is 0 Å². The molecule has 2 aromatic carbocycles. The second-order valence-corrected chi connectivity index (χ2v) is 7.33. The standard InChI is InChI=1S/C21H23NO3/c1-21(2,3)25-20(24)17-10-6-9-16(13-17)19(23)22-12-11-15-7-4-5-8-18(15)14-22/h4-10,13H,11-12,14H2,1-3H3. The molecule has 0 aliphatic carbocycles. The van der Waals surface area contributed by atoms with Crippen molar-refractivity contribution in [1.82, 2.24) is 4.90 Å². The fourth-order valence-electron chi connectivity index (χ4n) is 2.97. The molecule has 4 heteroatoms. The first-order valence-electron chi connectivity index (χ1n) is 8.53. The van der Waals surface area contributed by atoms with E-state index in [0.717, 1.165) is 6.42 Å². The highest BCUT2D eigenvalue weighted by Crippen LogP contribution is 2.21. The quantitative estimate of drug-likeness (QED) is 0.782. The molecule has 0 atom stereocenters. The lowest BCUT2D eigenvalue weighted by Crippen LogP contribution is -2.36. The number of carbonyl (C=O) groups excluding carboxylic acids is 2. The zero-order chi connectivity index (χ0) is 18.0. The van der Waals surface area contributed by atoms with Crippen molar-refractivity contribution in [2.45, 2.75) is 39.3 Å². The Morgan fingerprint density at radius 3 is 2.36 bits per heavy atom. The van der Waals surface area contributed by atoms with Gasteiger partial charge in [-0.2, -0.15) is 0 Å². The van der Waals surface area contributed by atoms with Crippen molar-refractivity contribution in [2.24, 2.45) is 0 Å². The molecule has 1 aliphatic heterocycles. The molecule has 0 fully saturated rings. The number of carbonyl (C=O) groups is 2. The lowest BCUT2D eigenvalue weighted by Gasteiger charge is -2.29. The molecule has 1 aliphatic rings. The molecule has 3 rings (SSSR count). The second kappa shape index (κ2) is 6.71. The summed E-state index contributed by atoms with van der Waals surface area (Å²) in [6, 6.07) is 15.0. The van der Waals surface area contributed by atoms with Crippen molar-refractivity contribution in [3.63, 3.8) is 0 Å². The summed E-state index contributed by atoms with van der Waals surface area (Å²) < 4.78 is 5.39. The third-order valence-electron chi connectivity index (χ3n) is 4.16. The summed E-state index contributed by atoms with van der Waals surface area (Å²) in [7, 11) is 0. The van der Waals surface area contributed by atoms with E-state index in [-0.39, 0.29) is 5.91 Å². The monoisotopic (exact) mass is 337 g/mol. The molecule has 0 unspecified atom stereocenters. The maximum Gasteiger partial charge on any atom is 0.338 e. The average molecular weight is 337 g/mol. The van der Waals surface area contributed by atoms with Gasteiger partial charge in [-0.1, -0.05) is 30.3 Å². The number of benzene rings is 2. The van der Waals surface area contributed by atoms with E-state index in [1.165, 1.54) is 11.1 Å². The van der Waals surface area contributed by atoms with Crippen LogP contribution in [0.2, 0.25) is 0 Å². The predicted molar refractivity (Wildman–Crippen MR) is 96.5 cm³/mol. The molecular weight excluding hydrogens is 314 g/mol. The van der Waals surface area contributed by atoms with E-state index in [4.69, 9.17) is 4.74 Å². The highest BCUT2D eigenvalue weighted by Gasteiger charge is 2.23. The van der Waals surface area contributed by atoms with E-state index in [1.54, 1.807) is 24.3 Å². The fraction of sp³-hybridized carbons (Fsp3) is 0.333. The van der Waals surface area contributed by atoms with Crippen LogP contribution in [-0.4, -0.2) is 28.9 Å². The molecule has 2 aromatic rings.